The third-order valence-electron chi connectivity index (χ3n) is 4.89. The number of hydrogen-bond acceptors (Lipinski definition) is 6. The van der Waals surface area contributed by atoms with Gasteiger partial charge in [0.05, 0.1) is 6.61 Å². The monoisotopic (exact) mass is 434 g/mol. The van der Waals surface area contributed by atoms with Crippen molar-refractivity contribution < 1.29 is 18.8 Å². The van der Waals surface area contributed by atoms with Crippen molar-refractivity contribution in [1.82, 2.24) is 5.16 Å². The normalized spacial score (nSPS) is 10.9. The van der Waals surface area contributed by atoms with Gasteiger partial charge in [-0.1, -0.05) is 67.0 Å². The maximum Gasteiger partial charge on any atom is 0.341 e. The summed E-state index contributed by atoms with van der Waals surface area (Å²) < 4.78 is 11.7. The summed E-state index contributed by atoms with van der Waals surface area (Å²) >= 11 is 1.34. The van der Waals surface area contributed by atoms with Crippen LogP contribution in [0.15, 0.2) is 59.1 Å². The lowest BCUT2D eigenvalue weighted by Crippen LogP contribution is -2.16. The number of aryl methyl sites for hydroxylation is 1. The van der Waals surface area contributed by atoms with Gasteiger partial charge in [-0.05, 0) is 19.4 Å². The van der Waals surface area contributed by atoms with Gasteiger partial charge in [0.15, 0.2) is 0 Å². The van der Waals surface area contributed by atoms with Crippen molar-refractivity contribution in [2.45, 2.75) is 26.7 Å². The number of esters is 1. The van der Waals surface area contributed by atoms with Crippen LogP contribution < -0.4 is 5.32 Å². The van der Waals surface area contributed by atoms with Crippen LogP contribution in [0.2, 0.25) is 0 Å². The fraction of sp³-hybridized carbons (Fsp3) is 0.208. The second-order valence-electron chi connectivity index (χ2n) is 7.07. The molecular formula is C24H22N2O4S. The average Bonchev–Trinajstić information content (AvgIpc) is 3.34. The summed E-state index contributed by atoms with van der Waals surface area (Å²) in [4.78, 5) is 26.1. The number of hydrogen-bond donors (Lipinski definition) is 1. The van der Waals surface area contributed by atoms with E-state index in [9.17, 15) is 9.59 Å². The maximum absolute atomic E-state index is 13.2. The van der Waals surface area contributed by atoms with Gasteiger partial charge in [0.25, 0.3) is 5.91 Å². The van der Waals surface area contributed by atoms with Crippen LogP contribution in [-0.4, -0.2) is 23.6 Å². The Morgan fingerprint density at radius 2 is 1.81 bits per heavy atom. The molecule has 0 unspecified atom stereocenters. The summed E-state index contributed by atoms with van der Waals surface area (Å²) in [5, 5.41) is 8.19. The Balaban J connectivity index is 1.70. The van der Waals surface area contributed by atoms with Crippen LogP contribution in [0.1, 0.15) is 46.2 Å². The molecule has 0 aliphatic heterocycles. The van der Waals surface area contributed by atoms with Gasteiger partial charge in [0.1, 0.15) is 27.6 Å². The van der Waals surface area contributed by atoms with Crippen molar-refractivity contribution >= 4 is 38.3 Å². The van der Waals surface area contributed by atoms with Crippen molar-refractivity contribution in [3.8, 4) is 11.3 Å². The Morgan fingerprint density at radius 1 is 1.06 bits per heavy atom. The van der Waals surface area contributed by atoms with Crippen molar-refractivity contribution in [3.63, 3.8) is 0 Å². The summed E-state index contributed by atoms with van der Waals surface area (Å²) in [5.74, 6) is -0.414. The number of unbranched alkanes of at least 4 members (excludes halogenated alkanes) is 1. The molecule has 0 saturated carbocycles. The van der Waals surface area contributed by atoms with Crippen molar-refractivity contribution in [2.24, 2.45) is 0 Å². The Kier molecular flexibility index (Phi) is 6.13. The summed E-state index contributed by atoms with van der Waals surface area (Å²) in [5.41, 5.74) is 1.96. The largest absolute Gasteiger partial charge is 0.462 e. The minimum absolute atomic E-state index is 0.342. The van der Waals surface area contributed by atoms with Gasteiger partial charge in [-0.15, -0.1) is 11.3 Å². The predicted octanol–water partition coefficient (Wildman–Crippen LogP) is 6.07. The molecule has 1 N–H and O–H groups in total. The summed E-state index contributed by atoms with van der Waals surface area (Å²) in [6.07, 6.45) is 1.71. The lowest BCUT2D eigenvalue weighted by molar-refractivity contribution is 0.0503. The van der Waals surface area contributed by atoms with Crippen LogP contribution in [0, 0.1) is 6.92 Å². The molecule has 7 heteroatoms. The first-order valence-electron chi connectivity index (χ1n) is 10.1. The molecule has 0 saturated heterocycles. The summed E-state index contributed by atoms with van der Waals surface area (Å²) in [6, 6.07) is 16.9. The van der Waals surface area contributed by atoms with Gasteiger partial charge in [0.2, 0.25) is 0 Å². The predicted molar refractivity (Wildman–Crippen MR) is 122 cm³/mol. The quantitative estimate of drug-likeness (QED) is 0.282. The number of thiophene rings is 1. The van der Waals surface area contributed by atoms with Gasteiger partial charge in [-0.25, -0.2) is 4.79 Å². The van der Waals surface area contributed by atoms with E-state index in [-0.39, 0.29) is 5.91 Å². The SMILES string of the molecule is CCCCOC(=O)c1c(NC(=O)c2c(-c3ccccc3)noc2C)sc2ccccc12. The number of benzene rings is 2. The number of amides is 1. The number of carbonyl (C=O) groups is 2. The molecule has 0 atom stereocenters. The Morgan fingerprint density at radius 3 is 2.58 bits per heavy atom. The average molecular weight is 435 g/mol. The minimum atomic E-state index is -0.438. The molecular weight excluding hydrogens is 412 g/mol. The summed E-state index contributed by atoms with van der Waals surface area (Å²) in [6.45, 7) is 4.07. The smallest absolute Gasteiger partial charge is 0.341 e. The fourth-order valence-corrected chi connectivity index (χ4v) is 4.40. The van der Waals surface area contributed by atoms with Gasteiger partial charge in [-0.2, -0.15) is 0 Å². The number of carbonyl (C=O) groups excluding carboxylic acids is 2. The van der Waals surface area contributed by atoms with Gasteiger partial charge >= 0.3 is 5.97 Å². The number of fused-ring (bicyclic) bond motifs is 1. The molecule has 31 heavy (non-hydrogen) atoms. The van der Waals surface area contributed by atoms with E-state index in [1.165, 1.54) is 11.3 Å². The molecule has 0 aliphatic rings. The maximum atomic E-state index is 13.2. The van der Waals surface area contributed by atoms with E-state index < -0.39 is 5.97 Å². The zero-order valence-electron chi connectivity index (χ0n) is 17.3. The fourth-order valence-electron chi connectivity index (χ4n) is 3.32. The molecule has 0 fully saturated rings. The van der Waals surface area contributed by atoms with Crippen LogP contribution in [0.4, 0.5) is 5.00 Å². The first-order valence-corrected chi connectivity index (χ1v) is 10.9. The van der Waals surface area contributed by atoms with Gasteiger partial charge in [0, 0.05) is 15.6 Å². The Labute approximate surface area is 183 Å². The minimum Gasteiger partial charge on any atom is -0.462 e. The first kappa shape index (κ1) is 20.8. The molecule has 1 amide bonds. The van der Waals surface area contributed by atoms with Gasteiger partial charge < -0.3 is 14.6 Å². The van der Waals surface area contributed by atoms with Crippen LogP contribution in [0.5, 0.6) is 0 Å². The Hall–Kier alpha value is -3.45. The van der Waals surface area contributed by atoms with Crippen LogP contribution in [0.3, 0.4) is 0 Å². The molecule has 2 aromatic heterocycles. The molecule has 0 aliphatic carbocycles. The molecule has 2 aromatic carbocycles. The molecule has 4 aromatic rings. The number of nitrogens with zero attached hydrogens (tertiary/aromatic N) is 1. The van der Waals surface area contributed by atoms with Gasteiger partial charge in [-0.3, -0.25) is 4.79 Å². The van der Waals surface area contributed by atoms with E-state index in [4.69, 9.17) is 9.26 Å². The van der Waals surface area contributed by atoms with E-state index in [2.05, 4.69) is 10.5 Å². The second kappa shape index (κ2) is 9.14. The number of aromatic nitrogens is 1. The first-order chi connectivity index (χ1) is 15.1. The number of nitrogens with one attached hydrogen (secondary N) is 1. The summed E-state index contributed by atoms with van der Waals surface area (Å²) in [7, 11) is 0. The molecule has 6 nitrogen and oxygen atoms in total. The van der Waals surface area contributed by atoms with E-state index in [0.29, 0.717) is 34.2 Å². The highest BCUT2D eigenvalue weighted by Gasteiger charge is 2.26. The van der Waals surface area contributed by atoms with Crippen LogP contribution in [-0.2, 0) is 4.74 Å². The molecule has 2 heterocycles. The number of ether oxygens (including phenoxy) is 1. The lowest BCUT2D eigenvalue weighted by atomic mass is 10.1. The highest BCUT2D eigenvalue weighted by molar-refractivity contribution is 7.23. The zero-order valence-corrected chi connectivity index (χ0v) is 18.1. The Bertz CT molecular complexity index is 1230. The number of anilines is 1. The molecule has 0 radical (unpaired) electrons. The number of rotatable bonds is 7. The van der Waals surface area contributed by atoms with Crippen molar-refractivity contribution in [3.05, 3.63) is 71.5 Å². The molecule has 4 rings (SSSR count). The van der Waals surface area contributed by atoms with E-state index in [1.807, 2.05) is 61.5 Å². The second-order valence-corrected chi connectivity index (χ2v) is 8.13. The third kappa shape index (κ3) is 4.22. The van der Waals surface area contributed by atoms with E-state index >= 15 is 0 Å². The standard InChI is InChI=1S/C24H22N2O4S/c1-3-4-14-29-24(28)20-17-12-8-9-13-18(17)31-23(20)25-22(27)19-15(2)30-26-21(19)16-10-6-5-7-11-16/h5-13H,3-4,14H2,1-2H3,(H,25,27). The van der Waals surface area contributed by atoms with E-state index in [0.717, 1.165) is 28.5 Å². The molecule has 0 spiro atoms. The topological polar surface area (TPSA) is 81.4 Å². The van der Waals surface area contributed by atoms with Crippen LogP contribution >= 0.6 is 11.3 Å². The highest BCUT2D eigenvalue weighted by Crippen LogP contribution is 2.37. The van der Waals surface area contributed by atoms with Crippen molar-refractivity contribution in [2.75, 3.05) is 11.9 Å². The zero-order chi connectivity index (χ0) is 21.8. The van der Waals surface area contributed by atoms with Crippen molar-refractivity contribution in [1.29, 1.82) is 0 Å². The third-order valence-corrected chi connectivity index (χ3v) is 5.98. The van der Waals surface area contributed by atoms with E-state index in [1.54, 1.807) is 6.92 Å². The lowest BCUT2D eigenvalue weighted by Gasteiger charge is -2.08. The van der Waals surface area contributed by atoms with Crippen LogP contribution in [0.25, 0.3) is 21.3 Å². The highest BCUT2D eigenvalue weighted by atomic mass is 32.1. The molecule has 0 bridgehead atoms. The molecule has 158 valence electrons.